The monoisotopic (exact) mass is 179 g/mol. The van der Waals surface area contributed by atoms with Gasteiger partial charge in [0.25, 0.3) is 11.7 Å². The molecule has 1 aliphatic rings. The highest BCUT2D eigenvalue weighted by atomic mass is 16.2. The van der Waals surface area contributed by atoms with Crippen molar-refractivity contribution < 1.29 is 4.79 Å². The SMILES string of the molecule is O=C(NC1CC=CC1)c1nn[nH]n1. The number of nitrogens with zero attached hydrogens (tertiary/aromatic N) is 3. The van der Waals surface area contributed by atoms with E-state index in [0.717, 1.165) is 12.8 Å². The Morgan fingerprint density at radius 2 is 2.31 bits per heavy atom. The fourth-order valence-electron chi connectivity index (χ4n) is 1.24. The number of aromatic amines is 1. The number of aromatic nitrogens is 4. The molecule has 0 saturated carbocycles. The first-order chi connectivity index (χ1) is 6.36. The third kappa shape index (κ3) is 1.71. The Bertz CT molecular complexity index is 310. The Morgan fingerprint density at radius 3 is 2.92 bits per heavy atom. The van der Waals surface area contributed by atoms with Gasteiger partial charge in [-0.2, -0.15) is 5.21 Å². The number of amides is 1. The van der Waals surface area contributed by atoms with E-state index < -0.39 is 0 Å². The van der Waals surface area contributed by atoms with Gasteiger partial charge < -0.3 is 5.32 Å². The van der Waals surface area contributed by atoms with Gasteiger partial charge in [-0.05, 0) is 18.1 Å². The summed E-state index contributed by atoms with van der Waals surface area (Å²) in [4.78, 5) is 11.3. The zero-order chi connectivity index (χ0) is 9.10. The quantitative estimate of drug-likeness (QED) is 0.608. The van der Waals surface area contributed by atoms with E-state index >= 15 is 0 Å². The lowest BCUT2D eigenvalue weighted by atomic mass is 10.2. The minimum atomic E-state index is -0.276. The molecule has 0 unspecified atom stereocenters. The number of carbonyl (C=O) groups excluding carboxylic acids is 1. The molecule has 0 spiro atoms. The van der Waals surface area contributed by atoms with Gasteiger partial charge in [0.05, 0.1) is 0 Å². The maximum atomic E-state index is 11.3. The van der Waals surface area contributed by atoms with E-state index in [1.165, 1.54) is 0 Å². The molecule has 1 aromatic rings. The molecule has 0 bridgehead atoms. The summed E-state index contributed by atoms with van der Waals surface area (Å²) in [6, 6.07) is 0.186. The molecule has 68 valence electrons. The number of hydrogen-bond donors (Lipinski definition) is 2. The molecule has 0 aromatic carbocycles. The second-order valence-corrected chi connectivity index (χ2v) is 2.85. The van der Waals surface area contributed by atoms with E-state index in [2.05, 4.69) is 25.9 Å². The minimum Gasteiger partial charge on any atom is -0.346 e. The predicted octanol–water partition coefficient (Wildman–Crippen LogP) is -0.352. The highest BCUT2D eigenvalue weighted by Crippen LogP contribution is 2.09. The van der Waals surface area contributed by atoms with Crippen LogP contribution in [0.5, 0.6) is 0 Å². The molecule has 0 radical (unpaired) electrons. The Kier molecular flexibility index (Phi) is 2.03. The molecule has 0 saturated heterocycles. The van der Waals surface area contributed by atoms with Gasteiger partial charge >= 0.3 is 0 Å². The molecule has 0 fully saturated rings. The van der Waals surface area contributed by atoms with Crippen LogP contribution in [0.4, 0.5) is 0 Å². The van der Waals surface area contributed by atoms with Gasteiger partial charge in [-0.15, -0.1) is 10.2 Å². The standard InChI is InChI=1S/C7H9N5O/c13-7(6-9-11-12-10-6)8-5-3-1-2-4-5/h1-2,5H,3-4H2,(H,8,13)(H,9,10,11,12). The molecule has 2 rings (SSSR count). The molecule has 6 heteroatoms. The minimum absolute atomic E-state index is 0.0897. The van der Waals surface area contributed by atoms with Gasteiger partial charge in [-0.1, -0.05) is 12.2 Å². The topological polar surface area (TPSA) is 83.6 Å². The highest BCUT2D eigenvalue weighted by molar-refractivity contribution is 5.90. The number of H-pyrrole nitrogens is 1. The molecule has 1 aliphatic carbocycles. The lowest BCUT2D eigenvalue weighted by molar-refractivity contribution is 0.0928. The number of hydrogen-bond acceptors (Lipinski definition) is 4. The molecule has 0 aliphatic heterocycles. The predicted molar refractivity (Wildman–Crippen MR) is 43.8 cm³/mol. The van der Waals surface area contributed by atoms with Crippen molar-refractivity contribution in [2.24, 2.45) is 0 Å². The first-order valence-corrected chi connectivity index (χ1v) is 4.05. The van der Waals surface area contributed by atoms with Crippen molar-refractivity contribution in [2.75, 3.05) is 0 Å². The molecule has 1 aromatic heterocycles. The maximum Gasteiger partial charge on any atom is 0.293 e. The van der Waals surface area contributed by atoms with E-state index in [4.69, 9.17) is 0 Å². The Balaban J connectivity index is 1.92. The normalized spacial score (nSPS) is 16.3. The van der Waals surface area contributed by atoms with Crippen LogP contribution in [0.2, 0.25) is 0 Å². The average molecular weight is 179 g/mol. The molecule has 1 amide bonds. The smallest absolute Gasteiger partial charge is 0.293 e. The highest BCUT2D eigenvalue weighted by Gasteiger charge is 2.16. The van der Waals surface area contributed by atoms with Crippen molar-refractivity contribution in [3.05, 3.63) is 18.0 Å². The van der Waals surface area contributed by atoms with E-state index in [1.54, 1.807) is 0 Å². The summed E-state index contributed by atoms with van der Waals surface area (Å²) < 4.78 is 0. The van der Waals surface area contributed by atoms with Crippen molar-refractivity contribution in [3.8, 4) is 0 Å². The van der Waals surface area contributed by atoms with Crippen LogP contribution in [0.25, 0.3) is 0 Å². The van der Waals surface area contributed by atoms with Crippen LogP contribution < -0.4 is 5.32 Å². The number of rotatable bonds is 2. The summed E-state index contributed by atoms with van der Waals surface area (Å²) in [5.41, 5.74) is 0. The summed E-state index contributed by atoms with van der Waals surface area (Å²) in [5.74, 6) is -0.186. The summed E-state index contributed by atoms with van der Waals surface area (Å²) in [6.07, 6.45) is 5.84. The molecule has 1 heterocycles. The lowest BCUT2D eigenvalue weighted by Crippen LogP contribution is -2.33. The summed E-state index contributed by atoms with van der Waals surface area (Å²) in [6.45, 7) is 0. The third-order valence-electron chi connectivity index (χ3n) is 1.89. The third-order valence-corrected chi connectivity index (χ3v) is 1.89. The van der Waals surface area contributed by atoms with Crippen LogP contribution in [0, 0.1) is 0 Å². The number of tetrazole rings is 1. The van der Waals surface area contributed by atoms with Gasteiger partial charge in [0.2, 0.25) is 0 Å². The molecule has 0 atom stereocenters. The Labute approximate surface area is 74.4 Å². The fourth-order valence-corrected chi connectivity index (χ4v) is 1.24. The summed E-state index contributed by atoms with van der Waals surface area (Å²) >= 11 is 0. The van der Waals surface area contributed by atoms with Gasteiger partial charge in [0.15, 0.2) is 0 Å². The van der Waals surface area contributed by atoms with Crippen molar-refractivity contribution in [3.63, 3.8) is 0 Å². The van der Waals surface area contributed by atoms with Crippen LogP contribution in [-0.4, -0.2) is 32.6 Å². The zero-order valence-electron chi connectivity index (χ0n) is 6.90. The number of nitrogens with one attached hydrogen (secondary N) is 2. The van der Waals surface area contributed by atoms with E-state index in [1.807, 2.05) is 12.2 Å². The van der Waals surface area contributed by atoms with E-state index in [0.29, 0.717) is 0 Å². The van der Waals surface area contributed by atoms with Crippen molar-refractivity contribution in [1.82, 2.24) is 25.9 Å². The molecule has 13 heavy (non-hydrogen) atoms. The first kappa shape index (κ1) is 7.90. The van der Waals surface area contributed by atoms with Crippen LogP contribution in [0.1, 0.15) is 23.5 Å². The van der Waals surface area contributed by atoms with Crippen molar-refractivity contribution in [1.29, 1.82) is 0 Å². The molecular weight excluding hydrogens is 170 g/mol. The fraction of sp³-hybridized carbons (Fsp3) is 0.429. The van der Waals surface area contributed by atoms with Gasteiger partial charge in [0, 0.05) is 6.04 Å². The molecule has 2 N–H and O–H groups in total. The van der Waals surface area contributed by atoms with E-state index in [-0.39, 0.29) is 17.8 Å². The second-order valence-electron chi connectivity index (χ2n) is 2.85. The number of carbonyl (C=O) groups is 1. The van der Waals surface area contributed by atoms with Gasteiger partial charge in [0.1, 0.15) is 0 Å². The van der Waals surface area contributed by atoms with Crippen LogP contribution in [0.3, 0.4) is 0 Å². The average Bonchev–Trinajstić information content (AvgIpc) is 2.74. The summed E-state index contributed by atoms with van der Waals surface area (Å²) in [5, 5.41) is 15.5. The maximum absolute atomic E-state index is 11.3. The van der Waals surface area contributed by atoms with Crippen LogP contribution in [0.15, 0.2) is 12.2 Å². The van der Waals surface area contributed by atoms with Crippen LogP contribution in [-0.2, 0) is 0 Å². The summed E-state index contributed by atoms with van der Waals surface area (Å²) in [7, 11) is 0. The second kappa shape index (κ2) is 3.34. The van der Waals surface area contributed by atoms with Gasteiger partial charge in [-0.25, -0.2) is 0 Å². The van der Waals surface area contributed by atoms with Gasteiger partial charge in [-0.3, -0.25) is 4.79 Å². The Hall–Kier alpha value is -1.72. The van der Waals surface area contributed by atoms with Crippen molar-refractivity contribution >= 4 is 5.91 Å². The van der Waals surface area contributed by atoms with Crippen LogP contribution >= 0.6 is 0 Å². The lowest BCUT2D eigenvalue weighted by Gasteiger charge is -2.08. The Morgan fingerprint density at radius 1 is 1.54 bits per heavy atom. The largest absolute Gasteiger partial charge is 0.346 e. The van der Waals surface area contributed by atoms with Crippen molar-refractivity contribution in [2.45, 2.75) is 18.9 Å². The first-order valence-electron chi connectivity index (χ1n) is 4.05. The zero-order valence-corrected chi connectivity index (χ0v) is 6.90. The molecular formula is C7H9N5O. The van der Waals surface area contributed by atoms with E-state index in [9.17, 15) is 4.79 Å². The molecule has 6 nitrogen and oxygen atoms in total.